The van der Waals surface area contributed by atoms with Crippen LogP contribution in [0.15, 0.2) is 65.2 Å². The predicted octanol–water partition coefficient (Wildman–Crippen LogP) is 2.46. The number of rotatable bonds is 5. The highest BCUT2D eigenvalue weighted by molar-refractivity contribution is 7.89. The third-order valence-corrected chi connectivity index (χ3v) is 7.11. The SMILES string of the molecule is CCN1C(C(=O)N2CCOCC2)=C(OCc2ccccc2)c2ccccc2S1(=O)=O. The van der Waals surface area contributed by atoms with Gasteiger partial charge in [-0.15, -0.1) is 0 Å². The maximum atomic E-state index is 13.5. The van der Waals surface area contributed by atoms with Crippen LogP contribution in [0.2, 0.25) is 0 Å². The minimum atomic E-state index is -3.86. The van der Waals surface area contributed by atoms with E-state index in [1.165, 1.54) is 0 Å². The highest BCUT2D eigenvalue weighted by Gasteiger charge is 2.41. The molecule has 1 amide bonds. The molecule has 1 saturated heterocycles. The number of ether oxygens (including phenoxy) is 2. The van der Waals surface area contributed by atoms with E-state index in [9.17, 15) is 13.2 Å². The molecule has 0 radical (unpaired) electrons. The summed E-state index contributed by atoms with van der Waals surface area (Å²) in [6.07, 6.45) is 0. The molecule has 158 valence electrons. The fraction of sp³-hybridized carbons (Fsp3) is 0.318. The normalized spacial score (nSPS) is 18.2. The second-order valence-corrected chi connectivity index (χ2v) is 8.85. The Hall–Kier alpha value is -2.84. The van der Waals surface area contributed by atoms with Gasteiger partial charge in [-0.1, -0.05) is 42.5 Å². The highest BCUT2D eigenvalue weighted by Crippen LogP contribution is 2.38. The van der Waals surface area contributed by atoms with Crippen molar-refractivity contribution in [2.24, 2.45) is 0 Å². The lowest BCUT2D eigenvalue weighted by Crippen LogP contribution is -2.47. The number of amides is 1. The summed E-state index contributed by atoms with van der Waals surface area (Å²) in [6.45, 7) is 3.74. The molecule has 7 nitrogen and oxygen atoms in total. The summed E-state index contributed by atoms with van der Waals surface area (Å²) in [5.74, 6) is -0.0658. The van der Waals surface area contributed by atoms with Gasteiger partial charge in [-0.25, -0.2) is 8.42 Å². The van der Waals surface area contributed by atoms with Crippen LogP contribution in [-0.4, -0.2) is 56.4 Å². The monoisotopic (exact) mass is 428 g/mol. The van der Waals surface area contributed by atoms with Crippen LogP contribution in [0.3, 0.4) is 0 Å². The van der Waals surface area contributed by atoms with E-state index >= 15 is 0 Å². The Morgan fingerprint density at radius 3 is 2.40 bits per heavy atom. The van der Waals surface area contributed by atoms with Gasteiger partial charge >= 0.3 is 0 Å². The zero-order chi connectivity index (χ0) is 21.1. The van der Waals surface area contributed by atoms with Crippen LogP contribution in [0.4, 0.5) is 0 Å². The fourth-order valence-electron chi connectivity index (χ4n) is 3.68. The number of carbonyl (C=O) groups is 1. The van der Waals surface area contributed by atoms with Crippen molar-refractivity contribution < 1.29 is 22.7 Å². The third kappa shape index (κ3) is 3.68. The Balaban J connectivity index is 1.84. The third-order valence-electron chi connectivity index (χ3n) is 5.18. The van der Waals surface area contributed by atoms with E-state index in [1.54, 1.807) is 36.1 Å². The van der Waals surface area contributed by atoms with Gasteiger partial charge in [0.05, 0.1) is 18.1 Å². The molecule has 8 heteroatoms. The van der Waals surface area contributed by atoms with Crippen molar-refractivity contribution in [3.05, 3.63) is 71.4 Å². The Kier molecular flexibility index (Phi) is 5.78. The largest absolute Gasteiger partial charge is 0.486 e. The van der Waals surface area contributed by atoms with E-state index < -0.39 is 10.0 Å². The molecule has 0 bridgehead atoms. The molecular weight excluding hydrogens is 404 g/mol. The molecule has 0 unspecified atom stereocenters. The van der Waals surface area contributed by atoms with Gasteiger partial charge in [-0.3, -0.25) is 9.10 Å². The van der Waals surface area contributed by atoms with E-state index in [4.69, 9.17) is 9.47 Å². The van der Waals surface area contributed by atoms with Crippen molar-refractivity contribution in [1.82, 2.24) is 9.21 Å². The Morgan fingerprint density at radius 1 is 1.03 bits per heavy atom. The lowest BCUT2D eigenvalue weighted by Gasteiger charge is -2.36. The van der Waals surface area contributed by atoms with E-state index in [1.807, 2.05) is 30.3 Å². The number of sulfonamides is 1. The quantitative estimate of drug-likeness (QED) is 0.731. The molecule has 2 heterocycles. The van der Waals surface area contributed by atoms with Crippen LogP contribution >= 0.6 is 0 Å². The first-order chi connectivity index (χ1) is 14.5. The number of hydrogen-bond donors (Lipinski definition) is 0. The molecule has 2 aromatic carbocycles. The van der Waals surface area contributed by atoms with Crippen molar-refractivity contribution >= 4 is 21.7 Å². The molecule has 30 heavy (non-hydrogen) atoms. The Labute approximate surface area is 176 Å². The van der Waals surface area contributed by atoms with Crippen molar-refractivity contribution in [2.75, 3.05) is 32.8 Å². The average Bonchev–Trinajstić information content (AvgIpc) is 2.79. The van der Waals surface area contributed by atoms with Gasteiger partial charge in [0.15, 0.2) is 11.5 Å². The topological polar surface area (TPSA) is 76.2 Å². The van der Waals surface area contributed by atoms with E-state index in [0.717, 1.165) is 9.87 Å². The average molecular weight is 429 g/mol. The van der Waals surface area contributed by atoms with Crippen molar-refractivity contribution in [2.45, 2.75) is 18.4 Å². The first-order valence-corrected chi connectivity index (χ1v) is 11.4. The predicted molar refractivity (Wildman–Crippen MR) is 112 cm³/mol. The zero-order valence-electron chi connectivity index (χ0n) is 16.8. The van der Waals surface area contributed by atoms with Crippen LogP contribution in [0, 0.1) is 0 Å². The van der Waals surface area contributed by atoms with Crippen molar-refractivity contribution in [1.29, 1.82) is 0 Å². The maximum Gasteiger partial charge on any atom is 0.275 e. The first-order valence-electron chi connectivity index (χ1n) is 9.94. The molecule has 0 saturated carbocycles. The smallest absolute Gasteiger partial charge is 0.275 e. The van der Waals surface area contributed by atoms with Crippen molar-refractivity contribution in [3.8, 4) is 0 Å². The minimum Gasteiger partial charge on any atom is -0.486 e. The number of fused-ring (bicyclic) bond motifs is 1. The molecule has 0 aliphatic carbocycles. The number of benzene rings is 2. The van der Waals surface area contributed by atoms with Gasteiger partial charge in [-0.2, -0.15) is 0 Å². The van der Waals surface area contributed by atoms with Crippen molar-refractivity contribution in [3.63, 3.8) is 0 Å². The fourth-order valence-corrected chi connectivity index (χ4v) is 5.35. The van der Waals surface area contributed by atoms with Crippen LogP contribution in [0.5, 0.6) is 0 Å². The number of carbonyl (C=O) groups excluding carboxylic acids is 1. The number of hydrogen-bond acceptors (Lipinski definition) is 5. The summed E-state index contributed by atoms with van der Waals surface area (Å²) in [5.41, 5.74) is 1.40. The summed E-state index contributed by atoms with van der Waals surface area (Å²) < 4.78 is 39.2. The van der Waals surface area contributed by atoms with Gasteiger partial charge in [0.2, 0.25) is 0 Å². The van der Waals surface area contributed by atoms with E-state index in [-0.39, 0.29) is 29.7 Å². The Bertz CT molecular complexity index is 1060. The Morgan fingerprint density at radius 2 is 1.70 bits per heavy atom. The van der Waals surface area contributed by atoms with E-state index in [0.29, 0.717) is 37.6 Å². The molecule has 0 aromatic heterocycles. The highest BCUT2D eigenvalue weighted by atomic mass is 32.2. The summed E-state index contributed by atoms with van der Waals surface area (Å²) in [4.78, 5) is 15.2. The van der Waals surface area contributed by atoms with E-state index in [2.05, 4.69) is 0 Å². The van der Waals surface area contributed by atoms with Gasteiger partial charge in [-0.05, 0) is 24.6 Å². The molecule has 0 atom stereocenters. The lowest BCUT2D eigenvalue weighted by molar-refractivity contribution is -0.132. The summed E-state index contributed by atoms with van der Waals surface area (Å²) >= 11 is 0. The molecule has 0 N–H and O–H groups in total. The molecule has 2 aliphatic rings. The van der Waals surface area contributed by atoms with Crippen LogP contribution in [0.25, 0.3) is 5.76 Å². The van der Waals surface area contributed by atoms with Gasteiger partial charge in [0.1, 0.15) is 6.61 Å². The molecule has 0 spiro atoms. The summed E-state index contributed by atoms with van der Waals surface area (Å²) in [7, 11) is -3.86. The lowest BCUT2D eigenvalue weighted by atomic mass is 10.1. The maximum absolute atomic E-state index is 13.5. The minimum absolute atomic E-state index is 0.0639. The van der Waals surface area contributed by atoms with Crippen LogP contribution in [0.1, 0.15) is 18.1 Å². The second-order valence-electron chi connectivity index (χ2n) is 7.02. The molecule has 2 aliphatic heterocycles. The summed E-state index contributed by atoms with van der Waals surface area (Å²) in [6, 6.07) is 16.2. The van der Waals surface area contributed by atoms with Gasteiger partial charge in [0.25, 0.3) is 15.9 Å². The standard InChI is InChI=1S/C22H24N2O5S/c1-2-24-20(22(25)23-12-14-28-15-13-23)21(29-16-17-8-4-3-5-9-17)18-10-6-7-11-19(18)30(24,26)27/h3-11H,2,12-16H2,1H3. The van der Waals surface area contributed by atoms with Crippen LogP contribution in [-0.2, 0) is 30.9 Å². The first kappa shape index (κ1) is 20.4. The molecule has 1 fully saturated rings. The zero-order valence-corrected chi connectivity index (χ0v) is 17.6. The molecular formula is C22H24N2O5S. The number of nitrogens with zero attached hydrogens (tertiary/aromatic N) is 2. The number of likely N-dealkylation sites (N-methyl/N-ethyl adjacent to an activating group) is 1. The van der Waals surface area contributed by atoms with Crippen LogP contribution < -0.4 is 0 Å². The second kappa shape index (κ2) is 8.49. The summed E-state index contributed by atoms with van der Waals surface area (Å²) in [5, 5.41) is 0. The van der Waals surface area contributed by atoms with Gasteiger partial charge < -0.3 is 14.4 Å². The molecule has 2 aromatic rings. The number of morpholine rings is 1. The van der Waals surface area contributed by atoms with Gasteiger partial charge in [0, 0.05) is 25.2 Å². The molecule has 4 rings (SSSR count).